The predicted octanol–water partition coefficient (Wildman–Crippen LogP) is 5.72. The van der Waals surface area contributed by atoms with E-state index in [1.54, 1.807) is 23.7 Å². The lowest BCUT2D eigenvalue weighted by molar-refractivity contribution is 0.423. The molecule has 0 saturated carbocycles. The van der Waals surface area contributed by atoms with Crippen molar-refractivity contribution < 1.29 is 21.4 Å². The molecule has 46 heavy (non-hydrogen) atoms. The molecule has 0 spiro atoms. The molecule has 232 valence electrons. The van der Waals surface area contributed by atoms with Crippen LogP contribution < -0.4 is 14.8 Å². The monoisotopic (exact) mass is 656 g/mol. The van der Waals surface area contributed by atoms with E-state index in [1.807, 2.05) is 30.3 Å². The molecule has 6 rings (SSSR count). The Labute approximate surface area is 263 Å². The van der Waals surface area contributed by atoms with Crippen LogP contribution >= 0.6 is 0 Å². The van der Waals surface area contributed by atoms with Gasteiger partial charge >= 0.3 is 0 Å². The number of nitrogens with zero attached hydrogens (tertiary/aromatic N) is 7. The second kappa shape index (κ2) is 12.6. The lowest BCUT2D eigenvalue weighted by Gasteiger charge is -2.09. The first kappa shape index (κ1) is 30.1. The Morgan fingerprint density at radius 2 is 1.43 bits per heavy atom. The van der Waals surface area contributed by atoms with Crippen molar-refractivity contribution in [2.45, 2.75) is 16.7 Å². The van der Waals surface area contributed by atoms with Gasteiger partial charge in [0.25, 0.3) is 20.0 Å². The second-order valence-electron chi connectivity index (χ2n) is 9.56. The van der Waals surface area contributed by atoms with Crippen molar-refractivity contribution in [3.8, 4) is 5.69 Å². The Bertz CT molecular complexity index is 2190. The van der Waals surface area contributed by atoms with Gasteiger partial charge in [-0.15, -0.1) is 10.2 Å². The highest BCUT2D eigenvalue weighted by Gasteiger charge is 2.19. The fourth-order valence-electron chi connectivity index (χ4n) is 4.18. The first-order chi connectivity index (χ1) is 22.2. The summed E-state index contributed by atoms with van der Waals surface area (Å²) in [7, 11) is -7.78. The van der Waals surface area contributed by atoms with E-state index in [0.717, 1.165) is 5.69 Å². The van der Waals surface area contributed by atoms with Crippen LogP contribution in [0.4, 0.5) is 34.5 Å². The van der Waals surface area contributed by atoms with Gasteiger partial charge in [-0.25, -0.2) is 31.5 Å². The minimum absolute atomic E-state index is 0.00239. The molecule has 0 unspecified atom stereocenters. The Balaban J connectivity index is 1.28. The number of aromatic nitrogens is 5. The van der Waals surface area contributed by atoms with E-state index in [0.29, 0.717) is 28.6 Å². The molecule has 0 atom stereocenters. The van der Waals surface area contributed by atoms with Crippen LogP contribution in [0, 0.1) is 6.92 Å². The van der Waals surface area contributed by atoms with E-state index in [1.165, 1.54) is 67.3 Å². The third kappa shape index (κ3) is 6.74. The fourth-order valence-corrected chi connectivity index (χ4v) is 6.18. The SMILES string of the molecule is Cc1c(N=Nc2ccc(S(=O)(=O)Nc3ccon3)cc2)c(Nc2ccccc2)nn1-c1ccc(S(=O)(=O)Nc2ccncn2)cc1. The molecule has 0 bridgehead atoms. The first-order valence-corrected chi connectivity index (χ1v) is 16.4. The summed E-state index contributed by atoms with van der Waals surface area (Å²) in [6.45, 7) is 1.80. The number of rotatable bonds is 11. The van der Waals surface area contributed by atoms with Crippen molar-refractivity contribution in [1.29, 1.82) is 0 Å². The van der Waals surface area contributed by atoms with Crippen molar-refractivity contribution in [2.24, 2.45) is 10.2 Å². The van der Waals surface area contributed by atoms with Gasteiger partial charge < -0.3 is 9.84 Å². The van der Waals surface area contributed by atoms with Crippen LogP contribution in [0.1, 0.15) is 5.69 Å². The average molecular weight is 657 g/mol. The summed E-state index contributed by atoms with van der Waals surface area (Å²) < 4.78 is 62.0. The van der Waals surface area contributed by atoms with Crippen LogP contribution in [0.15, 0.2) is 134 Å². The van der Waals surface area contributed by atoms with Gasteiger partial charge in [0.15, 0.2) is 17.3 Å². The Kier molecular flexibility index (Phi) is 8.23. The normalized spacial score (nSPS) is 11.8. The van der Waals surface area contributed by atoms with Crippen molar-refractivity contribution >= 4 is 54.6 Å². The minimum Gasteiger partial charge on any atom is -0.363 e. The zero-order valence-electron chi connectivity index (χ0n) is 23.9. The molecule has 0 saturated heterocycles. The Morgan fingerprint density at radius 3 is 2.07 bits per heavy atom. The molecule has 0 fully saturated rings. The predicted molar refractivity (Wildman–Crippen MR) is 169 cm³/mol. The van der Waals surface area contributed by atoms with Crippen molar-refractivity contribution in [3.05, 3.63) is 115 Å². The first-order valence-electron chi connectivity index (χ1n) is 13.4. The van der Waals surface area contributed by atoms with Crippen LogP contribution in [0.25, 0.3) is 5.69 Å². The summed E-state index contributed by atoms with van der Waals surface area (Å²) in [4.78, 5) is 7.72. The molecule has 0 aliphatic carbocycles. The number of benzene rings is 3. The van der Waals surface area contributed by atoms with E-state index < -0.39 is 20.0 Å². The van der Waals surface area contributed by atoms with E-state index in [4.69, 9.17) is 5.10 Å². The number of azo groups is 1. The summed E-state index contributed by atoms with van der Waals surface area (Å²) in [5.41, 5.74) is 2.74. The number of nitrogens with one attached hydrogen (secondary N) is 3. The Hall–Kier alpha value is -5.94. The lowest BCUT2D eigenvalue weighted by atomic mass is 10.3. The van der Waals surface area contributed by atoms with Crippen molar-refractivity contribution in [1.82, 2.24) is 24.9 Å². The molecular weight excluding hydrogens is 633 g/mol. The topological polar surface area (TPSA) is 199 Å². The quantitative estimate of drug-likeness (QED) is 0.145. The highest BCUT2D eigenvalue weighted by Crippen LogP contribution is 2.34. The molecule has 17 heteroatoms. The van der Waals surface area contributed by atoms with E-state index in [-0.39, 0.29) is 21.4 Å². The third-order valence-electron chi connectivity index (χ3n) is 6.42. The molecule has 0 aliphatic heterocycles. The zero-order chi connectivity index (χ0) is 32.1. The van der Waals surface area contributed by atoms with Crippen LogP contribution in [0.3, 0.4) is 0 Å². The van der Waals surface area contributed by atoms with Crippen LogP contribution in [-0.2, 0) is 20.0 Å². The van der Waals surface area contributed by atoms with Gasteiger partial charge in [-0.2, -0.15) is 5.11 Å². The van der Waals surface area contributed by atoms with E-state index >= 15 is 0 Å². The van der Waals surface area contributed by atoms with E-state index in [9.17, 15) is 16.8 Å². The summed E-state index contributed by atoms with van der Waals surface area (Å²) in [6.07, 6.45) is 3.94. The highest BCUT2D eigenvalue weighted by atomic mass is 32.2. The van der Waals surface area contributed by atoms with Crippen molar-refractivity contribution in [3.63, 3.8) is 0 Å². The second-order valence-corrected chi connectivity index (χ2v) is 12.9. The maximum atomic E-state index is 12.9. The maximum Gasteiger partial charge on any atom is 0.263 e. The van der Waals surface area contributed by atoms with Gasteiger partial charge in [-0.05, 0) is 73.7 Å². The minimum atomic E-state index is -3.90. The van der Waals surface area contributed by atoms with Gasteiger partial charge in [0, 0.05) is 18.0 Å². The molecule has 3 aromatic heterocycles. The molecule has 3 aromatic carbocycles. The molecule has 0 amide bonds. The number of para-hydroxylation sites is 1. The van der Waals surface area contributed by atoms with Crippen molar-refractivity contribution in [2.75, 3.05) is 14.8 Å². The van der Waals surface area contributed by atoms with Gasteiger partial charge in [-0.1, -0.05) is 23.4 Å². The highest BCUT2D eigenvalue weighted by molar-refractivity contribution is 7.93. The van der Waals surface area contributed by atoms with Crippen LogP contribution in [-0.4, -0.2) is 41.7 Å². The summed E-state index contributed by atoms with van der Waals surface area (Å²) in [5.74, 6) is 0.601. The van der Waals surface area contributed by atoms with Gasteiger partial charge in [-0.3, -0.25) is 9.44 Å². The molecule has 0 aliphatic rings. The van der Waals surface area contributed by atoms with Crippen LogP contribution in [0.5, 0.6) is 0 Å². The third-order valence-corrected chi connectivity index (χ3v) is 9.16. The maximum absolute atomic E-state index is 12.9. The molecule has 6 aromatic rings. The van der Waals surface area contributed by atoms with Gasteiger partial charge in [0.05, 0.1) is 26.9 Å². The largest absolute Gasteiger partial charge is 0.363 e. The molecule has 3 heterocycles. The standard InChI is InChI=1S/C29H24N10O5S2/c1-20-28(34-33-22-7-11-24(12-8-22)46(42,43)38-27-16-18-44-36-27)29(32-21-5-3-2-4-6-21)35-39(20)23-9-13-25(14-10-23)45(40,41)37-26-15-17-30-19-31-26/h2-19H,1H3,(H,32,35)(H,36,38)(H,30,31,37). The Morgan fingerprint density at radius 1 is 0.761 bits per heavy atom. The average Bonchev–Trinajstić information content (AvgIpc) is 3.68. The molecular formula is C29H24N10O5S2. The molecule has 15 nitrogen and oxygen atoms in total. The number of sulfonamides is 2. The number of anilines is 4. The molecule has 0 radical (unpaired) electrons. The summed E-state index contributed by atoms with van der Waals surface area (Å²) >= 11 is 0. The van der Waals surface area contributed by atoms with Crippen LogP contribution in [0.2, 0.25) is 0 Å². The van der Waals surface area contributed by atoms with E-state index in [2.05, 4.69) is 44.6 Å². The summed E-state index contributed by atoms with van der Waals surface area (Å²) in [6, 6.07) is 24.2. The number of hydrogen-bond acceptors (Lipinski definition) is 12. The fraction of sp³-hybridized carbons (Fsp3) is 0.0345. The van der Waals surface area contributed by atoms with Gasteiger partial charge in [0.2, 0.25) is 0 Å². The zero-order valence-corrected chi connectivity index (χ0v) is 25.5. The molecule has 3 N–H and O–H groups in total. The smallest absolute Gasteiger partial charge is 0.263 e. The summed E-state index contributed by atoms with van der Waals surface area (Å²) in [5, 5.41) is 20.3. The van der Waals surface area contributed by atoms with Gasteiger partial charge in [0.1, 0.15) is 18.4 Å². The number of hydrogen-bond donors (Lipinski definition) is 3. The lowest BCUT2D eigenvalue weighted by Crippen LogP contribution is -2.14.